The summed E-state index contributed by atoms with van der Waals surface area (Å²) in [5.41, 5.74) is 0. The molecule has 21 heavy (non-hydrogen) atoms. The Morgan fingerprint density at radius 3 is 2.76 bits per heavy atom. The van der Waals surface area contributed by atoms with Gasteiger partial charge in [0.15, 0.2) is 5.96 Å². The number of nitrogens with one attached hydrogen (secondary N) is 2. The van der Waals surface area contributed by atoms with E-state index in [9.17, 15) is 0 Å². The van der Waals surface area contributed by atoms with Crippen molar-refractivity contribution >= 4 is 5.96 Å². The van der Waals surface area contributed by atoms with Crippen LogP contribution in [0, 0.1) is 0 Å². The van der Waals surface area contributed by atoms with Crippen LogP contribution in [-0.2, 0) is 9.47 Å². The number of rotatable bonds is 9. The number of ether oxygens (including phenoxy) is 2. The summed E-state index contributed by atoms with van der Waals surface area (Å²) in [6.07, 6.45) is 2.31. The Balaban J connectivity index is 2.17. The van der Waals surface area contributed by atoms with Gasteiger partial charge in [0, 0.05) is 39.3 Å². The monoisotopic (exact) mass is 300 g/mol. The Bertz CT molecular complexity index is 281. The van der Waals surface area contributed by atoms with Crippen LogP contribution in [-0.4, -0.2) is 76.6 Å². The lowest BCUT2D eigenvalue weighted by atomic mass is 10.3. The third kappa shape index (κ3) is 8.90. The SMILES string of the molecule is CCNC(=NCCCCN1CCOCC1)NC(C)COC. The smallest absolute Gasteiger partial charge is 0.191 e. The molecule has 0 aromatic rings. The predicted octanol–water partition coefficient (Wildman–Crippen LogP) is 0.689. The molecule has 1 aliphatic rings. The molecule has 2 N–H and O–H groups in total. The van der Waals surface area contributed by atoms with Gasteiger partial charge in [-0.2, -0.15) is 0 Å². The summed E-state index contributed by atoms with van der Waals surface area (Å²) in [6, 6.07) is 0.265. The molecule has 6 nitrogen and oxygen atoms in total. The summed E-state index contributed by atoms with van der Waals surface area (Å²) < 4.78 is 10.5. The molecule has 1 heterocycles. The van der Waals surface area contributed by atoms with Crippen LogP contribution in [0.1, 0.15) is 26.7 Å². The Morgan fingerprint density at radius 1 is 1.33 bits per heavy atom. The second-order valence-corrected chi connectivity index (χ2v) is 5.42. The number of hydrogen-bond donors (Lipinski definition) is 2. The van der Waals surface area contributed by atoms with Gasteiger partial charge in [-0.25, -0.2) is 0 Å². The lowest BCUT2D eigenvalue weighted by Crippen LogP contribution is -2.44. The maximum atomic E-state index is 5.35. The Kier molecular flexibility index (Phi) is 10.2. The molecule has 1 fully saturated rings. The summed E-state index contributed by atoms with van der Waals surface area (Å²) in [6.45, 7) is 11.6. The molecule has 0 saturated carbocycles. The highest BCUT2D eigenvalue weighted by Crippen LogP contribution is 2.00. The van der Waals surface area contributed by atoms with Gasteiger partial charge in [-0.1, -0.05) is 0 Å². The first-order chi connectivity index (χ1) is 10.3. The highest BCUT2D eigenvalue weighted by molar-refractivity contribution is 5.80. The molecular weight excluding hydrogens is 268 g/mol. The summed E-state index contributed by atoms with van der Waals surface area (Å²) in [4.78, 5) is 7.08. The van der Waals surface area contributed by atoms with Crippen molar-refractivity contribution in [2.45, 2.75) is 32.7 Å². The van der Waals surface area contributed by atoms with Crippen molar-refractivity contribution in [2.24, 2.45) is 4.99 Å². The normalized spacial score (nSPS) is 18.5. The van der Waals surface area contributed by atoms with Crippen LogP contribution in [0.2, 0.25) is 0 Å². The highest BCUT2D eigenvalue weighted by atomic mass is 16.5. The fourth-order valence-corrected chi connectivity index (χ4v) is 2.31. The van der Waals surface area contributed by atoms with Crippen molar-refractivity contribution in [2.75, 3.05) is 59.7 Å². The first-order valence-electron chi connectivity index (χ1n) is 8.10. The fourth-order valence-electron chi connectivity index (χ4n) is 2.31. The summed E-state index contributed by atoms with van der Waals surface area (Å²) in [5, 5.41) is 6.61. The van der Waals surface area contributed by atoms with Gasteiger partial charge in [-0.15, -0.1) is 0 Å². The predicted molar refractivity (Wildman–Crippen MR) is 86.9 cm³/mol. The molecule has 0 spiro atoms. The van der Waals surface area contributed by atoms with Gasteiger partial charge in [-0.05, 0) is 33.2 Å². The maximum Gasteiger partial charge on any atom is 0.191 e. The number of aliphatic imine (C=N–C) groups is 1. The van der Waals surface area contributed by atoms with Crippen LogP contribution in [0.25, 0.3) is 0 Å². The van der Waals surface area contributed by atoms with Crippen LogP contribution >= 0.6 is 0 Å². The third-order valence-electron chi connectivity index (χ3n) is 3.40. The van der Waals surface area contributed by atoms with E-state index in [-0.39, 0.29) is 6.04 Å². The third-order valence-corrected chi connectivity index (χ3v) is 3.40. The molecule has 0 aromatic heterocycles. The number of guanidine groups is 1. The average Bonchev–Trinajstić information content (AvgIpc) is 2.48. The zero-order chi connectivity index (χ0) is 15.3. The van der Waals surface area contributed by atoms with Crippen molar-refractivity contribution in [3.8, 4) is 0 Å². The Labute approximate surface area is 129 Å². The molecule has 0 amide bonds. The fraction of sp³-hybridized carbons (Fsp3) is 0.933. The molecule has 124 valence electrons. The van der Waals surface area contributed by atoms with Gasteiger partial charge in [0.05, 0.1) is 19.8 Å². The molecule has 1 rings (SSSR count). The topological polar surface area (TPSA) is 58.1 Å². The molecule has 6 heteroatoms. The highest BCUT2D eigenvalue weighted by Gasteiger charge is 2.09. The molecule has 1 aliphatic heterocycles. The van der Waals surface area contributed by atoms with Crippen LogP contribution in [0.4, 0.5) is 0 Å². The molecule has 0 radical (unpaired) electrons. The van der Waals surface area contributed by atoms with Crippen molar-refractivity contribution in [3.05, 3.63) is 0 Å². The number of unbranched alkanes of at least 4 members (excludes halogenated alkanes) is 1. The van der Waals surface area contributed by atoms with E-state index in [1.807, 2.05) is 0 Å². The minimum absolute atomic E-state index is 0.265. The molecular formula is C15H32N4O2. The first kappa shape index (κ1) is 18.2. The standard InChI is InChI=1S/C15H32N4O2/c1-4-16-15(18-14(2)13-20-3)17-7-5-6-8-19-9-11-21-12-10-19/h14H,4-13H2,1-3H3,(H2,16,17,18). The lowest BCUT2D eigenvalue weighted by molar-refractivity contribution is 0.0373. The maximum absolute atomic E-state index is 5.35. The summed E-state index contributed by atoms with van der Waals surface area (Å²) >= 11 is 0. The van der Waals surface area contributed by atoms with E-state index in [4.69, 9.17) is 9.47 Å². The minimum atomic E-state index is 0.265. The van der Waals surface area contributed by atoms with Gasteiger partial charge >= 0.3 is 0 Å². The molecule has 1 atom stereocenters. The van der Waals surface area contributed by atoms with E-state index in [0.717, 1.165) is 58.3 Å². The first-order valence-corrected chi connectivity index (χ1v) is 8.10. The van der Waals surface area contributed by atoms with Crippen molar-refractivity contribution < 1.29 is 9.47 Å². The number of nitrogens with zero attached hydrogens (tertiary/aromatic N) is 2. The van der Waals surface area contributed by atoms with Gasteiger partial charge in [0.25, 0.3) is 0 Å². The Hall–Kier alpha value is -0.850. The van der Waals surface area contributed by atoms with Gasteiger partial charge in [0.1, 0.15) is 0 Å². The van der Waals surface area contributed by atoms with Gasteiger partial charge in [0.2, 0.25) is 0 Å². The van der Waals surface area contributed by atoms with Crippen LogP contribution < -0.4 is 10.6 Å². The van der Waals surface area contributed by atoms with E-state index in [1.165, 1.54) is 6.42 Å². The van der Waals surface area contributed by atoms with E-state index >= 15 is 0 Å². The van der Waals surface area contributed by atoms with Gasteiger partial charge in [-0.3, -0.25) is 9.89 Å². The molecule has 1 unspecified atom stereocenters. The quantitative estimate of drug-likeness (QED) is 0.373. The second-order valence-electron chi connectivity index (χ2n) is 5.42. The van der Waals surface area contributed by atoms with Gasteiger partial charge < -0.3 is 20.1 Å². The van der Waals surface area contributed by atoms with E-state index in [2.05, 4.69) is 34.4 Å². The zero-order valence-corrected chi connectivity index (χ0v) is 13.9. The summed E-state index contributed by atoms with van der Waals surface area (Å²) in [5.74, 6) is 0.883. The Morgan fingerprint density at radius 2 is 2.10 bits per heavy atom. The second kappa shape index (κ2) is 11.8. The number of methoxy groups -OCH3 is 1. The largest absolute Gasteiger partial charge is 0.383 e. The van der Waals surface area contributed by atoms with Crippen LogP contribution in [0.3, 0.4) is 0 Å². The lowest BCUT2D eigenvalue weighted by Gasteiger charge is -2.26. The minimum Gasteiger partial charge on any atom is -0.383 e. The van der Waals surface area contributed by atoms with Crippen molar-refractivity contribution in [1.29, 1.82) is 0 Å². The van der Waals surface area contributed by atoms with E-state index in [0.29, 0.717) is 6.61 Å². The van der Waals surface area contributed by atoms with Crippen molar-refractivity contribution in [3.63, 3.8) is 0 Å². The molecule has 0 bridgehead atoms. The van der Waals surface area contributed by atoms with Crippen LogP contribution in [0.15, 0.2) is 4.99 Å². The van der Waals surface area contributed by atoms with E-state index < -0.39 is 0 Å². The summed E-state index contributed by atoms with van der Waals surface area (Å²) in [7, 11) is 1.72. The molecule has 0 aliphatic carbocycles. The molecule has 1 saturated heterocycles. The average molecular weight is 300 g/mol. The van der Waals surface area contributed by atoms with E-state index in [1.54, 1.807) is 7.11 Å². The van der Waals surface area contributed by atoms with Crippen molar-refractivity contribution in [1.82, 2.24) is 15.5 Å². The molecule has 0 aromatic carbocycles. The van der Waals surface area contributed by atoms with Crippen LogP contribution in [0.5, 0.6) is 0 Å². The zero-order valence-electron chi connectivity index (χ0n) is 13.9. The number of hydrogen-bond acceptors (Lipinski definition) is 4. The number of morpholine rings is 1.